The lowest BCUT2D eigenvalue weighted by molar-refractivity contribution is 0.0983. The van der Waals surface area contributed by atoms with Gasteiger partial charge in [-0.2, -0.15) is 0 Å². The summed E-state index contributed by atoms with van der Waals surface area (Å²) in [4.78, 5) is 18.2. The third-order valence-corrected chi connectivity index (χ3v) is 3.16. The zero-order chi connectivity index (χ0) is 12.5. The molecule has 1 N–H and O–H groups in total. The van der Waals surface area contributed by atoms with E-state index < -0.39 is 5.50 Å². The average Bonchev–Trinajstić information content (AvgIpc) is 2.40. The highest BCUT2D eigenvalue weighted by molar-refractivity contribution is 7.81. The number of carbonyl (C=O) groups is 1. The van der Waals surface area contributed by atoms with Crippen molar-refractivity contribution in [2.45, 2.75) is 5.50 Å². The molecular weight excluding hydrogens is 246 g/mol. The molecule has 90 valence electrons. The molecule has 0 aliphatic carbocycles. The van der Waals surface area contributed by atoms with E-state index in [0.29, 0.717) is 11.4 Å². The van der Waals surface area contributed by atoms with Crippen LogP contribution in [0, 0.1) is 0 Å². The van der Waals surface area contributed by atoms with Crippen LogP contribution < -0.4 is 10.2 Å². The molecule has 1 unspecified atom stereocenters. The van der Waals surface area contributed by atoms with Gasteiger partial charge in [0.25, 0.3) is 5.91 Å². The number of benzene rings is 1. The molecule has 1 aliphatic heterocycles. The lowest BCUT2D eigenvalue weighted by Gasteiger charge is -2.34. The Morgan fingerprint density at radius 3 is 2.72 bits per heavy atom. The number of amides is 1. The van der Waals surface area contributed by atoms with Crippen LogP contribution in [-0.2, 0) is 0 Å². The molecule has 2 aromatic rings. The largest absolute Gasteiger partial charge is 0.341 e. The highest BCUT2D eigenvalue weighted by Crippen LogP contribution is 2.28. The van der Waals surface area contributed by atoms with Gasteiger partial charge in [-0.3, -0.25) is 9.69 Å². The first-order valence-electron chi connectivity index (χ1n) is 5.55. The maximum Gasteiger partial charge on any atom is 0.264 e. The minimum absolute atomic E-state index is 0.0944. The van der Waals surface area contributed by atoms with Crippen molar-refractivity contribution in [2.75, 3.05) is 10.2 Å². The van der Waals surface area contributed by atoms with Crippen molar-refractivity contribution in [1.82, 2.24) is 4.98 Å². The molecule has 0 spiro atoms. The Bertz CT molecular complexity index is 588. The summed E-state index contributed by atoms with van der Waals surface area (Å²) < 4.78 is 0. The van der Waals surface area contributed by atoms with Gasteiger partial charge in [0.2, 0.25) is 0 Å². The molecule has 0 saturated heterocycles. The number of rotatable bonds is 1. The van der Waals surface area contributed by atoms with E-state index in [-0.39, 0.29) is 5.91 Å². The first-order valence-corrected chi connectivity index (χ1v) is 6.07. The van der Waals surface area contributed by atoms with Crippen LogP contribution in [0.1, 0.15) is 10.4 Å². The average molecular weight is 257 g/mol. The Labute approximate surface area is 110 Å². The van der Waals surface area contributed by atoms with Crippen LogP contribution in [-0.4, -0.2) is 16.4 Å². The summed E-state index contributed by atoms with van der Waals surface area (Å²) in [6.45, 7) is 0. The standard InChI is InChI=1S/C13H11N3OS/c17-12-10-7-4-8-14-11(10)15-13(18)16(12)9-5-2-1-3-6-9/h1-8,13,18H,(H,14,15). The van der Waals surface area contributed by atoms with Gasteiger partial charge < -0.3 is 5.32 Å². The van der Waals surface area contributed by atoms with Gasteiger partial charge in [-0.05, 0) is 24.3 Å². The van der Waals surface area contributed by atoms with Gasteiger partial charge in [-0.25, -0.2) is 4.98 Å². The number of fused-ring (bicyclic) bond motifs is 1. The second-order valence-corrected chi connectivity index (χ2v) is 4.42. The minimum Gasteiger partial charge on any atom is -0.341 e. The number of para-hydroxylation sites is 1. The number of thiol groups is 1. The number of hydrogen-bond donors (Lipinski definition) is 2. The molecule has 0 radical (unpaired) electrons. The molecule has 1 aromatic heterocycles. The maximum absolute atomic E-state index is 12.4. The third kappa shape index (κ3) is 1.73. The van der Waals surface area contributed by atoms with E-state index in [1.807, 2.05) is 30.3 Å². The van der Waals surface area contributed by atoms with Crippen molar-refractivity contribution in [3.63, 3.8) is 0 Å². The van der Waals surface area contributed by atoms with E-state index in [4.69, 9.17) is 0 Å². The summed E-state index contributed by atoms with van der Waals surface area (Å²) in [6, 6.07) is 13.0. The summed E-state index contributed by atoms with van der Waals surface area (Å²) in [5, 5.41) is 3.10. The van der Waals surface area contributed by atoms with Gasteiger partial charge in [0.15, 0.2) is 5.50 Å². The number of hydrogen-bond acceptors (Lipinski definition) is 4. The van der Waals surface area contributed by atoms with E-state index in [1.165, 1.54) is 0 Å². The molecule has 4 nitrogen and oxygen atoms in total. The van der Waals surface area contributed by atoms with Gasteiger partial charge in [0.05, 0.1) is 5.56 Å². The number of carbonyl (C=O) groups excluding carboxylic acids is 1. The number of pyridine rings is 1. The molecule has 5 heteroatoms. The van der Waals surface area contributed by atoms with E-state index in [0.717, 1.165) is 5.69 Å². The van der Waals surface area contributed by atoms with E-state index in [1.54, 1.807) is 23.2 Å². The Morgan fingerprint density at radius 1 is 1.17 bits per heavy atom. The predicted molar refractivity (Wildman–Crippen MR) is 73.9 cm³/mol. The molecule has 0 fully saturated rings. The molecule has 3 rings (SSSR count). The first-order chi connectivity index (χ1) is 8.77. The van der Waals surface area contributed by atoms with Crippen LogP contribution in [0.2, 0.25) is 0 Å². The lowest BCUT2D eigenvalue weighted by atomic mass is 10.1. The number of aromatic nitrogens is 1. The summed E-state index contributed by atoms with van der Waals surface area (Å²) in [7, 11) is 0. The fraction of sp³-hybridized carbons (Fsp3) is 0.0769. The Morgan fingerprint density at radius 2 is 1.94 bits per heavy atom. The molecule has 1 amide bonds. The molecular formula is C13H11N3OS. The molecule has 0 saturated carbocycles. The molecule has 1 aliphatic rings. The second-order valence-electron chi connectivity index (χ2n) is 3.93. The van der Waals surface area contributed by atoms with Crippen LogP contribution >= 0.6 is 12.6 Å². The van der Waals surface area contributed by atoms with Crippen LogP contribution in [0.25, 0.3) is 0 Å². The summed E-state index contributed by atoms with van der Waals surface area (Å²) in [5.41, 5.74) is 0.957. The maximum atomic E-state index is 12.4. The van der Waals surface area contributed by atoms with Crippen molar-refractivity contribution in [3.05, 3.63) is 54.2 Å². The van der Waals surface area contributed by atoms with Gasteiger partial charge in [0, 0.05) is 11.9 Å². The van der Waals surface area contributed by atoms with E-state index >= 15 is 0 Å². The van der Waals surface area contributed by atoms with Crippen molar-refractivity contribution in [1.29, 1.82) is 0 Å². The lowest BCUT2D eigenvalue weighted by Crippen LogP contribution is -2.46. The molecule has 1 atom stereocenters. The highest BCUT2D eigenvalue weighted by Gasteiger charge is 2.31. The SMILES string of the molecule is O=C1c2cccnc2NC(S)N1c1ccccc1. The summed E-state index contributed by atoms with van der Waals surface area (Å²) >= 11 is 4.41. The fourth-order valence-electron chi connectivity index (χ4n) is 1.97. The smallest absolute Gasteiger partial charge is 0.264 e. The molecule has 18 heavy (non-hydrogen) atoms. The number of anilines is 2. The van der Waals surface area contributed by atoms with E-state index in [9.17, 15) is 4.79 Å². The molecule has 0 bridgehead atoms. The highest BCUT2D eigenvalue weighted by atomic mass is 32.1. The topological polar surface area (TPSA) is 45.2 Å². The molecule has 1 aromatic carbocycles. The predicted octanol–water partition coefficient (Wildman–Crippen LogP) is 2.37. The Hall–Kier alpha value is -2.01. The van der Waals surface area contributed by atoms with Crippen molar-refractivity contribution in [2.24, 2.45) is 0 Å². The Balaban J connectivity index is 2.06. The monoisotopic (exact) mass is 257 g/mol. The third-order valence-electron chi connectivity index (χ3n) is 2.80. The van der Waals surface area contributed by atoms with E-state index in [2.05, 4.69) is 22.9 Å². The van der Waals surface area contributed by atoms with Gasteiger partial charge >= 0.3 is 0 Å². The molecule has 2 heterocycles. The zero-order valence-corrected chi connectivity index (χ0v) is 10.3. The first kappa shape index (κ1) is 11.1. The van der Waals surface area contributed by atoms with Crippen molar-refractivity contribution in [3.8, 4) is 0 Å². The van der Waals surface area contributed by atoms with Crippen molar-refractivity contribution >= 4 is 30.0 Å². The Kier molecular flexibility index (Phi) is 2.68. The quantitative estimate of drug-likeness (QED) is 0.771. The minimum atomic E-state index is -0.415. The van der Waals surface area contributed by atoms with Gasteiger partial charge in [-0.15, -0.1) is 12.6 Å². The zero-order valence-electron chi connectivity index (χ0n) is 9.45. The number of nitrogens with one attached hydrogen (secondary N) is 1. The van der Waals surface area contributed by atoms with Crippen LogP contribution in [0.15, 0.2) is 48.7 Å². The van der Waals surface area contributed by atoms with Gasteiger partial charge in [0.1, 0.15) is 5.82 Å². The van der Waals surface area contributed by atoms with Crippen LogP contribution in [0.5, 0.6) is 0 Å². The second kappa shape index (κ2) is 4.34. The van der Waals surface area contributed by atoms with Crippen molar-refractivity contribution < 1.29 is 4.79 Å². The van der Waals surface area contributed by atoms with Crippen LogP contribution in [0.4, 0.5) is 11.5 Å². The number of nitrogens with zero attached hydrogens (tertiary/aromatic N) is 2. The fourth-order valence-corrected chi connectivity index (χ4v) is 2.33. The summed E-state index contributed by atoms with van der Waals surface area (Å²) in [6.07, 6.45) is 1.65. The van der Waals surface area contributed by atoms with Crippen LogP contribution in [0.3, 0.4) is 0 Å². The normalized spacial score (nSPS) is 18.2. The summed E-state index contributed by atoms with van der Waals surface area (Å²) in [5.74, 6) is 0.484. The van der Waals surface area contributed by atoms with Gasteiger partial charge in [-0.1, -0.05) is 18.2 Å².